The predicted octanol–water partition coefficient (Wildman–Crippen LogP) is 0.198. The Morgan fingerprint density at radius 1 is 1.69 bits per heavy atom. The zero-order chi connectivity index (χ0) is 9.68. The Bertz CT molecular complexity index is 164. The second-order valence-electron chi connectivity index (χ2n) is 3.65. The van der Waals surface area contributed by atoms with E-state index in [-0.39, 0.29) is 12.0 Å². The standard InChI is InChI=1S/C9H19N3O/c1-7(2)9(10)12-6-8-5-11-3-4-13-8/h7-8,11H,3-6H2,1-2H3,(H2,10,12). The molecule has 0 radical (unpaired) electrons. The van der Waals surface area contributed by atoms with Gasteiger partial charge in [-0.15, -0.1) is 0 Å². The molecule has 1 aliphatic rings. The maximum absolute atomic E-state index is 7.57. The zero-order valence-corrected chi connectivity index (χ0v) is 8.39. The molecule has 1 heterocycles. The van der Waals surface area contributed by atoms with E-state index in [1.54, 1.807) is 0 Å². The molecule has 76 valence electrons. The Balaban J connectivity index is 2.13. The van der Waals surface area contributed by atoms with Gasteiger partial charge in [0.15, 0.2) is 0 Å². The largest absolute Gasteiger partial charge is 0.374 e. The van der Waals surface area contributed by atoms with E-state index >= 15 is 0 Å². The van der Waals surface area contributed by atoms with Crippen molar-refractivity contribution in [3.05, 3.63) is 0 Å². The Hall–Kier alpha value is -0.610. The van der Waals surface area contributed by atoms with Crippen LogP contribution in [0.1, 0.15) is 13.8 Å². The van der Waals surface area contributed by atoms with Crippen LogP contribution in [0.3, 0.4) is 0 Å². The van der Waals surface area contributed by atoms with Crippen LogP contribution >= 0.6 is 0 Å². The molecule has 1 atom stereocenters. The summed E-state index contributed by atoms with van der Waals surface area (Å²) in [6.45, 7) is 7.37. The fraction of sp³-hybridized carbons (Fsp3) is 0.889. The quantitative estimate of drug-likeness (QED) is 0.435. The third-order valence-corrected chi connectivity index (χ3v) is 2.10. The number of rotatable bonds is 3. The smallest absolute Gasteiger partial charge is 0.0958 e. The van der Waals surface area contributed by atoms with Crippen LogP contribution in [0.15, 0.2) is 0 Å². The second kappa shape index (κ2) is 5.19. The van der Waals surface area contributed by atoms with Crippen molar-refractivity contribution in [2.24, 2.45) is 5.92 Å². The van der Waals surface area contributed by atoms with Crippen molar-refractivity contribution in [2.75, 3.05) is 26.2 Å². The third kappa shape index (κ3) is 3.74. The molecule has 4 nitrogen and oxygen atoms in total. The van der Waals surface area contributed by atoms with Gasteiger partial charge in [0, 0.05) is 25.6 Å². The van der Waals surface area contributed by atoms with Gasteiger partial charge in [0.1, 0.15) is 0 Å². The molecular formula is C9H19N3O. The van der Waals surface area contributed by atoms with Gasteiger partial charge < -0.3 is 15.4 Å². The lowest BCUT2D eigenvalue weighted by Crippen LogP contribution is -2.45. The van der Waals surface area contributed by atoms with E-state index in [2.05, 4.69) is 10.6 Å². The van der Waals surface area contributed by atoms with Gasteiger partial charge in [-0.1, -0.05) is 13.8 Å². The first kappa shape index (κ1) is 10.5. The highest BCUT2D eigenvalue weighted by Gasteiger charge is 2.13. The van der Waals surface area contributed by atoms with Crippen molar-refractivity contribution < 1.29 is 4.74 Å². The Labute approximate surface area is 79.6 Å². The van der Waals surface area contributed by atoms with Crippen molar-refractivity contribution in [1.29, 1.82) is 5.41 Å². The zero-order valence-electron chi connectivity index (χ0n) is 8.39. The van der Waals surface area contributed by atoms with Gasteiger partial charge in [0.2, 0.25) is 0 Å². The molecule has 3 N–H and O–H groups in total. The van der Waals surface area contributed by atoms with Crippen LogP contribution in [0, 0.1) is 11.3 Å². The molecule has 1 saturated heterocycles. The molecule has 0 saturated carbocycles. The minimum absolute atomic E-state index is 0.216. The highest BCUT2D eigenvalue weighted by atomic mass is 16.5. The van der Waals surface area contributed by atoms with Crippen LogP contribution in [0.2, 0.25) is 0 Å². The number of hydrogen-bond donors (Lipinski definition) is 3. The maximum Gasteiger partial charge on any atom is 0.0958 e. The second-order valence-corrected chi connectivity index (χ2v) is 3.65. The number of hydrogen-bond acceptors (Lipinski definition) is 3. The van der Waals surface area contributed by atoms with E-state index in [1.807, 2.05) is 13.8 Å². The summed E-state index contributed by atoms with van der Waals surface area (Å²) in [5.41, 5.74) is 0. The van der Waals surface area contributed by atoms with E-state index in [0.717, 1.165) is 26.2 Å². The molecule has 0 aromatic heterocycles. The van der Waals surface area contributed by atoms with Crippen molar-refractivity contribution in [1.82, 2.24) is 10.6 Å². The van der Waals surface area contributed by atoms with Gasteiger partial charge >= 0.3 is 0 Å². The first-order chi connectivity index (χ1) is 6.20. The summed E-state index contributed by atoms with van der Waals surface area (Å²) >= 11 is 0. The van der Waals surface area contributed by atoms with Crippen LogP contribution in [-0.2, 0) is 4.74 Å². The van der Waals surface area contributed by atoms with Gasteiger partial charge in [-0.2, -0.15) is 0 Å². The normalized spacial score (nSPS) is 23.2. The molecule has 1 unspecified atom stereocenters. The van der Waals surface area contributed by atoms with Gasteiger partial charge in [0.05, 0.1) is 18.5 Å². The number of amidine groups is 1. The lowest BCUT2D eigenvalue weighted by atomic mass is 10.2. The molecule has 0 amide bonds. The third-order valence-electron chi connectivity index (χ3n) is 2.10. The van der Waals surface area contributed by atoms with Crippen LogP contribution in [0.5, 0.6) is 0 Å². The van der Waals surface area contributed by atoms with Crippen molar-refractivity contribution >= 4 is 5.84 Å². The molecule has 0 aromatic rings. The SMILES string of the molecule is CC(C)C(=N)NCC1CNCCO1. The van der Waals surface area contributed by atoms with Crippen LogP contribution < -0.4 is 10.6 Å². The first-order valence-corrected chi connectivity index (χ1v) is 4.84. The highest BCUT2D eigenvalue weighted by molar-refractivity contribution is 5.80. The summed E-state index contributed by atoms with van der Waals surface area (Å²) in [4.78, 5) is 0. The number of ether oxygens (including phenoxy) is 1. The van der Waals surface area contributed by atoms with Crippen molar-refractivity contribution in [3.8, 4) is 0 Å². The lowest BCUT2D eigenvalue weighted by molar-refractivity contribution is 0.0317. The molecule has 0 aromatic carbocycles. The molecular weight excluding hydrogens is 166 g/mol. The summed E-state index contributed by atoms with van der Waals surface area (Å²) in [5, 5.41) is 13.9. The van der Waals surface area contributed by atoms with Crippen LogP contribution in [0.4, 0.5) is 0 Å². The van der Waals surface area contributed by atoms with Gasteiger partial charge in [0.25, 0.3) is 0 Å². The van der Waals surface area contributed by atoms with E-state index in [4.69, 9.17) is 10.1 Å². The topological polar surface area (TPSA) is 57.1 Å². The number of morpholine rings is 1. The summed E-state index contributed by atoms with van der Waals surface area (Å²) in [5.74, 6) is 0.866. The maximum atomic E-state index is 7.57. The molecule has 1 fully saturated rings. The average Bonchev–Trinajstić information content (AvgIpc) is 2.15. The van der Waals surface area contributed by atoms with E-state index < -0.39 is 0 Å². The fourth-order valence-corrected chi connectivity index (χ4v) is 1.18. The molecule has 1 aliphatic heterocycles. The predicted molar refractivity (Wildman–Crippen MR) is 53.2 cm³/mol. The van der Waals surface area contributed by atoms with Gasteiger partial charge in [-0.3, -0.25) is 5.41 Å². The molecule has 4 heteroatoms. The molecule has 1 rings (SSSR count). The minimum atomic E-state index is 0.216. The Morgan fingerprint density at radius 3 is 3.00 bits per heavy atom. The van der Waals surface area contributed by atoms with Gasteiger partial charge in [-0.25, -0.2) is 0 Å². The van der Waals surface area contributed by atoms with Gasteiger partial charge in [-0.05, 0) is 0 Å². The van der Waals surface area contributed by atoms with E-state index in [9.17, 15) is 0 Å². The van der Waals surface area contributed by atoms with E-state index in [0.29, 0.717) is 5.84 Å². The van der Waals surface area contributed by atoms with Crippen LogP contribution in [0.25, 0.3) is 0 Å². The Morgan fingerprint density at radius 2 is 2.46 bits per heavy atom. The van der Waals surface area contributed by atoms with Crippen LogP contribution in [-0.4, -0.2) is 38.2 Å². The Kier molecular flexibility index (Phi) is 4.18. The van der Waals surface area contributed by atoms with E-state index in [1.165, 1.54) is 0 Å². The summed E-state index contributed by atoms with van der Waals surface area (Å²) in [7, 11) is 0. The molecule has 0 bridgehead atoms. The molecule has 0 spiro atoms. The summed E-state index contributed by atoms with van der Waals surface area (Å²) < 4.78 is 5.49. The fourth-order valence-electron chi connectivity index (χ4n) is 1.18. The monoisotopic (exact) mass is 185 g/mol. The lowest BCUT2D eigenvalue weighted by Gasteiger charge is -2.24. The number of nitrogens with one attached hydrogen (secondary N) is 3. The average molecular weight is 185 g/mol. The summed E-state index contributed by atoms with van der Waals surface area (Å²) in [6.07, 6.45) is 0.216. The highest BCUT2D eigenvalue weighted by Crippen LogP contribution is 1.96. The first-order valence-electron chi connectivity index (χ1n) is 4.84. The van der Waals surface area contributed by atoms with Crippen molar-refractivity contribution in [2.45, 2.75) is 20.0 Å². The summed E-state index contributed by atoms with van der Waals surface area (Å²) in [6, 6.07) is 0. The van der Waals surface area contributed by atoms with Crippen molar-refractivity contribution in [3.63, 3.8) is 0 Å². The minimum Gasteiger partial charge on any atom is -0.374 e. The molecule has 0 aliphatic carbocycles. The molecule has 13 heavy (non-hydrogen) atoms.